The fourth-order valence-electron chi connectivity index (χ4n) is 5.53. The summed E-state index contributed by atoms with van der Waals surface area (Å²) < 4.78 is 77.0. The molecule has 280 valence electrons. The van der Waals surface area contributed by atoms with Gasteiger partial charge in [-0.3, -0.25) is 29.2 Å². The lowest BCUT2D eigenvalue weighted by Gasteiger charge is -2.36. The highest BCUT2D eigenvalue weighted by atomic mass is 35.5. The number of benzene rings is 1. The zero-order valence-corrected chi connectivity index (χ0v) is 31.5. The van der Waals surface area contributed by atoms with Crippen molar-refractivity contribution in [1.29, 1.82) is 0 Å². The SMILES string of the molecule is CC1CN(C2CCC(COP(=O)(O)OP(=O)(O)OP(=O)(O)OP(=O)(O)Oc3ccc4c(c3)C(C)(C)C3=C(Cl)C(=O)C(Cl)=CC3=N4)O2)C(=O)NC1=O. The van der Waals surface area contributed by atoms with Gasteiger partial charge in [0.2, 0.25) is 11.7 Å². The van der Waals surface area contributed by atoms with Crippen molar-refractivity contribution in [2.75, 3.05) is 13.2 Å². The largest absolute Gasteiger partial charge is 0.536 e. The average molecular weight is 838 g/mol. The number of amides is 3. The number of urea groups is 1. The van der Waals surface area contributed by atoms with Crippen molar-refractivity contribution in [1.82, 2.24) is 10.2 Å². The Bertz CT molecular complexity index is 1990. The number of rotatable bonds is 12. The van der Waals surface area contributed by atoms with Crippen LogP contribution in [-0.4, -0.2) is 73.4 Å². The van der Waals surface area contributed by atoms with E-state index in [9.17, 15) is 52.2 Å². The number of ketones is 1. The van der Waals surface area contributed by atoms with Crippen LogP contribution in [0.4, 0.5) is 10.5 Å². The van der Waals surface area contributed by atoms with Crippen LogP contribution in [0.3, 0.4) is 0 Å². The number of hydrogen-bond donors (Lipinski definition) is 5. The Morgan fingerprint density at radius 1 is 0.980 bits per heavy atom. The summed E-state index contributed by atoms with van der Waals surface area (Å²) in [6, 6.07) is 2.97. The van der Waals surface area contributed by atoms with Crippen molar-refractivity contribution < 1.29 is 78.9 Å². The summed E-state index contributed by atoms with van der Waals surface area (Å²) in [5.74, 6) is -2.06. The van der Waals surface area contributed by atoms with E-state index in [1.165, 1.54) is 23.1 Å². The van der Waals surface area contributed by atoms with E-state index in [2.05, 4.69) is 27.8 Å². The lowest BCUT2D eigenvalue weighted by Crippen LogP contribution is -2.57. The number of phosphoric acid groups is 4. The molecule has 3 aliphatic heterocycles. The van der Waals surface area contributed by atoms with Crippen molar-refractivity contribution >= 4 is 83.6 Å². The van der Waals surface area contributed by atoms with Gasteiger partial charge in [0.05, 0.1) is 40.1 Å². The fraction of sp³-hybridized carbons (Fsp3) is 0.440. The lowest BCUT2D eigenvalue weighted by atomic mass is 9.71. The number of Topliss-reactive ketones (excluding diaryl/α,β-unsaturated/α-hetero) is 1. The Kier molecular flexibility index (Phi) is 11.2. The number of allylic oxidation sites excluding steroid dienone is 4. The number of fused-ring (bicyclic) bond motifs is 2. The number of carbonyl (C=O) groups excluding carboxylic acids is 3. The summed E-state index contributed by atoms with van der Waals surface area (Å²) in [5, 5.41) is 1.80. The van der Waals surface area contributed by atoms with Gasteiger partial charge in [-0.25, -0.2) is 28.0 Å². The van der Waals surface area contributed by atoms with Crippen molar-refractivity contribution in [2.24, 2.45) is 10.9 Å². The van der Waals surface area contributed by atoms with E-state index in [1.807, 2.05) is 0 Å². The van der Waals surface area contributed by atoms with E-state index in [1.54, 1.807) is 20.8 Å². The first kappa shape index (κ1) is 40.1. The molecule has 7 unspecified atom stereocenters. The highest BCUT2D eigenvalue weighted by molar-refractivity contribution is 7.69. The maximum atomic E-state index is 12.7. The van der Waals surface area contributed by atoms with Gasteiger partial charge in [-0.05, 0) is 42.7 Å². The van der Waals surface area contributed by atoms with Crippen molar-refractivity contribution in [3.05, 3.63) is 45.5 Å². The van der Waals surface area contributed by atoms with Gasteiger partial charge in [-0.2, -0.15) is 12.9 Å². The van der Waals surface area contributed by atoms with Crippen molar-refractivity contribution in [3.8, 4) is 5.75 Å². The predicted octanol–water partition coefficient (Wildman–Crippen LogP) is 4.79. The van der Waals surface area contributed by atoms with Gasteiger partial charge in [0.1, 0.15) is 12.0 Å². The molecule has 5 rings (SSSR count). The van der Waals surface area contributed by atoms with Crippen molar-refractivity contribution in [3.63, 3.8) is 0 Å². The average Bonchev–Trinajstić information content (AvgIpc) is 3.44. The zero-order chi connectivity index (χ0) is 37.9. The van der Waals surface area contributed by atoms with E-state index < -0.39 is 85.0 Å². The van der Waals surface area contributed by atoms with Gasteiger partial charge in [0.25, 0.3) is 0 Å². The van der Waals surface area contributed by atoms with E-state index >= 15 is 0 Å². The summed E-state index contributed by atoms with van der Waals surface area (Å²) in [5.41, 5.74) is 0.193. The summed E-state index contributed by atoms with van der Waals surface area (Å²) >= 11 is 12.3. The normalized spacial score (nSPS) is 27.9. The summed E-state index contributed by atoms with van der Waals surface area (Å²) in [4.78, 5) is 81.9. The molecule has 7 atom stereocenters. The number of nitrogens with zero attached hydrogens (tertiary/aromatic N) is 2. The van der Waals surface area contributed by atoms with Gasteiger partial charge in [0, 0.05) is 17.5 Å². The second-order valence-electron chi connectivity index (χ2n) is 12.0. The summed E-state index contributed by atoms with van der Waals surface area (Å²) in [6.07, 6.45) is 0.0135. The molecule has 0 aromatic heterocycles. The first-order valence-electron chi connectivity index (χ1n) is 14.5. The highest BCUT2D eigenvalue weighted by Gasteiger charge is 2.47. The second-order valence-corrected chi connectivity index (χ2v) is 18.9. The van der Waals surface area contributed by atoms with Gasteiger partial charge in [-0.15, -0.1) is 0 Å². The lowest BCUT2D eigenvalue weighted by molar-refractivity contribution is -0.128. The number of nitrogens with one attached hydrogen (secondary N) is 1. The Labute approximate surface area is 298 Å². The molecule has 26 heteroatoms. The van der Waals surface area contributed by atoms with Crippen LogP contribution in [0.15, 0.2) is 44.9 Å². The minimum Gasteiger partial charge on any atom is -0.404 e. The molecule has 0 spiro atoms. The molecule has 1 aliphatic carbocycles. The van der Waals surface area contributed by atoms with Gasteiger partial charge >= 0.3 is 37.3 Å². The maximum absolute atomic E-state index is 12.7. The Morgan fingerprint density at radius 2 is 1.61 bits per heavy atom. The van der Waals surface area contributed by atoms with E-state index in [-0.39, 0.29) is 29.5 Å². The molecule has 3 amide bonds. The number of aliphatic imine (C=N–C) groups is 1. The quantitative estimate of drug-likeness (QED) is 0.140. The smallest absolute Gasteiger partial charge is 0.404 e. The molecule has 0 radical (unpaired) electrons. The van der Waals surface area contributed by atoms with Gasteiger partial charge in [0.15, 0.2) is 0 Å². The Balaban J connectivity index is 1.18. The van der Waals surface area contributed by atoms with Gasteiger partial charge < -0.3 is 23.9 Å². The van der Waals surface area contributed by atoms with E-state index in [0.29, 0.717) is 22.5 Å². The van der Waals surface area contributed by atoms with Crippen LogP contribution >= 0.6 is 54.5 Å². The summed E-state index contributed by atoms with van der Waals surface area (Å²) in [6.45, 7) is 4.24. The first-order valence-corrected chi connectivity index (χ1v) is 21.2. The third-order valence-electron chi connectivity index (χ3n) is 7.77. The molecule has 3 heterocycles. The molecule has 0 saturated carbocycles. The monoisotopic (exact) mass is 837 g/mol. The molecular weight excluding hydrogens is 809 g/mol. The number of phosphoric ester groups is 2. The van der Waals surface area contributed by atoms with Crippen molar-refractivity contribution in [2.45, 2.75) is 51.4 Å². The Morgan fingerprint density at radius 3 is 2.27 bits per heavy atom. The number of carbonyl (C=O) groups is 3. The minimum atomic E-state index is -6.09. The standard InChI is InChI=1S/C25H29Cl2N3O17P4/c1-12-10-30(24(33)29-23(12)32)19-7-5-14(43-19)11-42-48(34,35)45-50(38,39)47-51(40,41)46-49(36,37)44-13-4-6-17-15(8-13)25(2,3)20-18(28-17)9-16(26)22(31)21(20)27/h4,6,8-9,12,14,19H,5,7,10-11H2,1-3H3,(H,34,35)(H,36,37)(H,38,39)(H,40,41)(H,29,32,33). The number of halogens is 2. The molecule has 20 nitrogen and oxygen atoms in total. The van der Waals surface area contributed by atoms with Crippen LogP contribution in [-0.2, 0) is 55.5 Å². The third-order valence-corrected chi connectivity index (χ3v) is 14.3. The first-order chi connectivity index (χ1) is 23.4. The molecule has 51 heavy (non-hydrogen) atoms. The van der Waals surface area contributed by atoms with Gasteiger partial charge in [-0.1, -0.05) is 44.0 Å². The zero-order valence-electron chi connectivity index (χ0n) is 26.4. The number of imide groups is 1. The minimum absolute atomic E-state index is 0.0526. The molecule has 1 aromatic carbocycles. The van der Waals surface area contributed by atoms with Crippen LogP contribution in [0, 0.1) is 5.92 Å². The summed E-state index contributed by atoms with van der Waals surface area (Å²) in [7, 11) is -23.4. The molecular formula is C25H29Cl2N3O17P4. The molecule has 2 saturated heterocycles. The predicted molar refractivity (Wildman–Crippen MR) is 175 cm³/mol. The molecule has 4 aliphatic rings. The van der Waals surface area contributed by atoms with Crippen LogP contribution in [0.5, 0.6) is 5.75 Å². The fourth-order valence-corrected chi connectivity index (χ4v) is 11.2. The van der Waals surface area contributed by atoms with Crippen LogP contribution in [0.25, 0.3) is 0 Å². The second kappa shape index (κ2) is 14.3. The number of ether oxygens (including phenoxy) is 1. The van der Waals surface area contributed by atoms with Crippen LogP contribution in [0.1, 0.15) is 39.2 Å². The molecule has 2 fully saturated rings. The third kappa shape index (κ3) is 9.18. The van der Waals surface area contributed by atoms with Crippen LogP contribution in [0.2, 0.25) is 0 Å². The van der Waals surface area contributed by atoms with E-state index in [0.717, 1.165) is 6.07 Å². The van der Waals surface area contributed by atoms with Crippen LogP contribution < -0.4 is 9.84 Å². The molecule has 1 aromatic rings. The molecule has 5 N–H and O–H groups in total. The topological polar surface area (TPSA) is 283 Å². The maximum Gasteiger partial charge on any atom is 0.536 e. The highest BCUT2D eigenvalue weighted by Crippen LogP contribution is 2.71. The Hall–Kier alpha value is -2.08. The van der Waals surface area contributed by atoms with E-state index in [4.69, 9.17) is 32.5 Å². The molecule has 0 bridgehead atoms. The number of hydrogen-bond acceptors (Lipinski definition) is 14.